The molecule has 0 atom stereocenters. The highest BCUT2D eigenvalue weighted by Gasteiger charge is 2.23. The number of aryl methyl sites for hydroxylation is 1. The molecule has 7 heteroatoms. The maximum Gasteiger partial charge on any atom is 0.243 e. The minimum absolute atomic E-state index is 0.116. The van der Waals surface area contributed by atoms with Crippen LogP contribution in [0, 0.1) is 0 Å². The molecule has 140 valence electrons. The van der Waals surface area contributed by atoms with Crippen LogP contribution in [0.1, 0.15) is 19.4 Å². The SMILES string of the molecule is CCOc1ccc(S(=O)(=O)N(C)CC(=O)Nc2ccccc2CC)cc1. The zero-order valence-corrected chi connectivity index (χ0v) is 16.0. The quantitative estimate of drug-likeness (QED) is 0.769. The van der Waals surface area contributed by atoms with Crippen LogP contribution in [0.25, 0.3) is 0 Å². The molecule has 2 aromatic rings. The second-order valence-electron chi connectivity index (χ2n) is 5.72. The summed E-state index contributed by atoms with van der Waals surface area (Å²) in [6.07, 6.45) is 0.775. The second kappa shape index (κ2) is 8.82. The van der Waals surface area contributed by atoms with Gasteiger partial charge in [0.15, 0.2) is 0 Å². The number of ether oxygens (including phenoxy) is 1. The van der Waals surface area contributed by atoms with Gasteiger partial charge in [0.05, 0.1) is 18.0 Å². The van der Waals surface area contributed by atoms with E-state index in [4.69, 9.17) is 4.74 Å². The molecule has 0 spiro atoms. The number of hydrogen-bond acceptors (Lipinski definition) is 4. The summed E-state index contributed by atoms with van der Waals surface area (Å²) in [7, 11) is -2.37. The predicted molar refractivity (Wildman–Crippen MR) is 102 cm³/mol. The number of carbonyl (C=O) groups is 1. The Kier molecular flexibility index (Phi) is 6.76. The predicted octanol–water partition coefficient (Wildman–Crippen LogP) is 2.91. The summed E-state index contributed by atoms with van der Waals surface area (Å²) in [6.45, 7) is 4.08. The third-order valence-corrected chi connectivity index (χ3v) is 5.70. The van der Waals surface area contributed by atoms with Gasteiger partial charge >= 0.3 is 0 Å². The highest BCUT2D eigenvalue weighted by molar-refractivity contribution is 7.89. The molecule has 0 saturated heterocycles. The van der Waals surface area contributed by atoms with E-state index < -0.39 is 10.0 Å². The van der Waals surface area contributed by atoms with Crippen LogP contribution < -0.4 is 10.1 Å². The summed E-state index contributed by atoms with van der Waals surface area (Å²) >= 11 is 0. The first-order valence-electron chi connectivity index (χ1n) is 8.45. The first kappa shape index (κ1) is 19.9. The highest BCUT2D eigenvalue weighted by atomic mass is 32.2. The summed E-state index contributed by atoms with van der Waals surface area (Å²) in [5.74, 6) is 0.214. The van der Waals surface area contributed by atoms with Crippen molar-refractivity contribution in [2.24, 2.45) is 0 Å². The zero-order chi connectivity index (χ0) is 19.2. The number of benzene rings is 2. The first-order valence-corrected chi connectivity index (χ1v) is 9.89. The van der Waals surface area contributed by atoms with Gasteiger partial charge in [0.25, 0.3) is 0 Å². The molecule has 0 aliphatic carbocycles. The molecular formula is C19H24N2O4S. The minimum Gasteiger partial charge on any atom is -0.494 e. The van der Waals surface area contributed by atoms with Gasteiger partial charge in [-0.15, -0.1) is 0 Å². The first-order chi connectivity index (χ1) is 12.4. The van der Waals surface area contributed by atoms with Crippen molar-refractivity contribution in [2.45, 2.75) is 25.2 Å². The number of nitrogens with zero attached hydrogens (tertiary/aromatic N) is 1. The molecule has 0 saturated carbocycles. The highest BCUT2D eigenvalue weighted by Crippen LogP contribution is 2.19. The molecule has 0 radical (unpaired) electrons. The van der Waals surface area contributed by atoms with E-state index in [0.29, 0.717) is 18.0 Å². The van der Waals surface area contributed by atoms with Crippen molar-refractivity contribution in [3.63, 3.8) is 0 Å². The fourth-order valence-electron chi connectivity index (χ4n) is 2.48. The van der Waals surface area contributed by atoms with Crippen LogP contribution in [0.4, 0.5) is 5.69 Å². The van der Waals surface area contributed by atoms with Crippen LogP contribution in [-0.4, -0.2) is 38.8 Å². The Bertz CT molecular complexity index is 848. The van der Waals surface area contributed by atoms with Gasteiger partial charge in [-0.25, -0.2) is 8.42 Å². The van der Waals surface area contributed by atoms with E-state index in [2.05, 4.69) is 5.32 Å². The molecule has 0 unspecified atom stereocenters. The number of hydrogen-bond donors (Lipinski definition) is 1. The molecule has 26 heavy (non-hydrogen) atoms. The molecule has 0 heterocycles. The van der Waals surface area contributed by atoms with Crippen LogP contribution in [0.15, 0.2) is 53.4 Å². The maximum atomic E-state index is 12.6. The number of rotatable bonds is 8. The van der Waals surface area contributed by atoms with Crippen LogP contribution >= 0.6 is 0 Å². The van der Waals surface area contributed by atoms with Crippen LogP contribution in [0.5, 0.6) is 5.75 Å². The number of carbonyl (C=O) groups excluding carboxylic acids is 1. The van der Waals surface area contributed by atoms with Gasteiger partial charge in [-0.05, 0) is 49.2 Å². The van der Waals surface area contributed by atoms with E-state index in [9.17, 15) is 13.2 Å². The third kappa shape index (κ3) is 4.83. The van der Waals surface area contributed by atoms with Gasteiger partial charge in [-0.1, -0.05) is 25.1 Å². The van der Waals surface area contributed by atoms with Gasteiger partial charge < -0.3 is 10.1 Å². The lowest BCUT2D eigenvalue weighted by Crippen LogP contribution is -2.35. The van der Waals surface area contributed by atoms with Gasteiger partial charge in [-0.3, -0.25) is 4.79 Å². The summed E-state index contributed by atoms with van der Waals surface area (Å²) in [5.41, 5.74) is 1.70. The molecule has 0 bridgehead atoms. The molecule has 2 rings (SSSR count). The lowest BCUT2D eigenvalue weighted by molar-refractivity contribution is -0.116. The lowest BCUT2D eigenvalue weighted by Gasteiger charge is -2.18. The number of anilines is 1. The van der Waals surface area contributed by atoms with Crippen molar-refractivity contribution in [1.82, 2.24) is 4.31 Å². The Morgan fingerprint density at radius 1 is 1.08 bits per heavy atom. The largest absolute Gasteiger partial charge is 0.494 e. The van der Waals surface area contributed by atoms with Crippen molar-refractivity contribution in [3.8, 4) is 5.75 Å². The normalized spacial score (nSPS) is 11.4. The topological polar surface area (TPSA) is 75.7 Å². The number of amides is 1. The van der Waals surface area contributed by atoms with Gasteiger partial charge in [-0.2, -0.15) is 4.31 Å². The fraction of sp³-hybridized carbons (Fsp3) is 0.316. The second-order valence-corrected chi connectivity index (χ2v) is 7.77. The Hall–Kier alpha value is -2.38. The van der Waals surface area contributed by atoms with E-state index in [0.717, 1.165) is 16.3 Å². The Balaban J connectivity index is 2.07. The van der Waals surface area contributed by atoms with Gasteiger partial charge in [0, 0.05) is 12.7 Å². The van der Waals surface area contributed by atoms with Crippen molar-refractivity contribution < 1.29 is 17.9 Å². The van der Waals surface area contributed by atoms with E-state index in [1.165, 1.54) is 19.2 Å². The average molecular weight is 376 g/mol. The third-order valence-electron chi connectivity index (χ3n) is 3.88. The Morgan fingerprint density at radius 3 is 2.35 bits per heavy atom. The summed E-state index contributed by atoms with van der Waals surface area (Å²) in [6, 6.07) is 13.6. The van der Waals surface area contributed by atoms with Crippen molar-refractivity contribution in [1.29, 1.82) is 0 Å². The summed E-state index contributed by atoms with van der Waals surface area (Å²) in [4.78, 5) is 12.4. The molecular weight excluding hydrogens is 352 g/mol. The monoisotopic (exact) mass is 376 g/mol. The van der Waals surface area contributed by atoms with Crippen molar-refractivity contribution in [3.05, 3.63) is 54.1 Å². The van der Waals surface area contributed by atoms with Crippen molar-refractivity contribution in [2.75, 3.05) is 25.5 Å². The molecule has 0 aliphatic rings. The smallest absolute Gasteiger partial charge is 0.243 e. The van der Waals surface area contributed by atoms with E-state index >= 15 is 0 Å². The zero-order valence-electron chi connectivity index (χ0n) is 15.2. The number of sulfonamides is 1. The molecule has 2 aromatic carbocycles. The molecule has 1 N–H and O–H groups in total. The van der Waals surface area contributed by atoms with Crippen molar-refractivity contribution >= 4 is 21.6 Å². The maximum absolute atomic E-state index is 12.6. The van der Waals surface area contributed by atoms with E-state index in [1.807, 2.05) is 32.0 Å². The molecule has 0 fully saturated rings. The average Bonchev–Trinajstić information content (AvgIpc) is 2.62. The van der Waals surface area contributed by atoms with E-state index in [-0.39, 0.29) is 17.3 Å². The lowest BCUT2D eigenvalue weighted by atomic mass is 10.1. The van der Waals surface area contributed by atoms with E-state index in [1.54, 1.807) is 18.2 Å². The number of nitrogens with one attached hydrogen (secondary N) is 1. The molecule has 6 nitrogen and oxygen atoms in total. The summed E-state index contributed by atoms with van der Waals surface area (Å²) in [5, 5.41) is 2.78. The molecule has 0 aliphatic heterocycles. The van der Waals surface area contributed by atoms with Gasteiger partial charge in [0.2, 0.25) is 15.9 Å². The number of para-hydroxylation sites is 1. The van der Waals surface area contributed by atoms with Crippen LogP contribution in [0.3, 0.4) is 0 Å². The molecule has 1 amide bonds. The molecule has 0 aromatic heterocycles. The fourth-order valence-corrected chi connectivity index (χ4v) is 3.61. The minimum atomic E-state index is -3.76. The Morgan fingerprint density at radius 2 is 1.73 bits per heavy atom. The Labute approximate surface area is 154 Å². The standard InChI is InChI=1S/C19H24N2O4S/c1-4-15-8-6-7-9-18(15)20-19(22)14-21(3)26(23,24)17-12-10-16(11-13-17)25-5-2/h6-13H,4-5,14H2,1-3H3,(H,20,22). The van der Waals surface area contributed by atoms with Crippen LogP contribution in [-0.2, 0) is 21.2 Å². The summed E-state index contributed by atoms with van der Waals surface area (Å²) < 4.78 is 31.6. The van der Waals surface area contributed by atoms with Crippen LogP contribution in [0.2, 0.25) is 0 Å². The number of likely N-dealkylation sites (N-methyl/N-ethyl adjacent to an activating group) is 1. The van der Waals surface area contributed by atoms with Gasteiger partial charge in [0.1, 0.15) is 5.75 Å².